The van der Waals surface area contributed by atoms with Crippen LogP contribution in [0.3, 0.4) is 0 Å². The van der Waals surface area contributed by atoms with Crippen molar-refractivity contribution in [2.75, 3.05) is 20.1 Å². The third-order valence-electron chi connectivity index (χ3n) is 2.74. The smallest absolute Gasteiger partial charge is 0.237 e. The van der Waals surface area contributed by atoms with Crippen molar-refractivity contribution in [2.24, 2.45) is 17.4 Å². The van der Waals surface area contributed by atoms with Gasteiger partial charge < -0.3 is 16.4 Å². The van der Waals surface area contributed by atoms with E-state index in [4.69, 9.17) is 11.5 Å². The van der Waals surface area contributed by atoms with Gasteiger partial charge in [0.2, 0.25) is 11.8 Å². The number of hydrogen-bond donors (Lipinski definition) is 2. The zero-order chi connectivity index (χ0) is 12.6. The number of carbonyl (C=O) groups excluding carboxylic acids is 2. The molecule has 5 nitrogen and oxygen atoms in total. The Morgan fingerprint density at radius 1 is 1.31 bits per heavy atom. The van der Waals surface area contributed by atoms with Crippen LogP contribution in [0.15, 0.2) is 0 Å². The molecule has 0 spiro atoms. The van der Waals surface area contributed by atoms with E-state index in [9.17, 15) is 9.59 Å². The molecule has 1 unspecified atom stereocenters. The zero-order valence-corrected chi connectivity index (χ0v) is 10.2. The van der Waals surface area contributed by atoms with Crippen LogP contribution in [0.4, 0.5) is 0 Å². The molecular formula is C11H23N3O2. The minimum absolute atomic E-state index is 0.00743. The summed E-state index contributed by atoms with van der Waals surface area (Å²) in [6, 6.07) is 0. The molecular weight excluding hydrogens is 206 g/mol. The number of nitrogens with two attached hydrogens (primary N) is 2. The van der Waals surface area contributed by atoms with Gasteiger partial charge in [-0.25, -0.2) is 0 Å². The highest BCUT2D eigenvalue weighted by Gasteiger charge is 2.13. The molecule has 0 aromatic carbocycles. The van der Waals surface area contributed by atoms with E-state index in [0.717, 1.165) is 19.3 Å². The molecule has 0 rings (SSSR count). The van der Waals surface area contributed by atoms with Crippen molar-refractivity contribution in [3.05, 3.63) is 0 Å². The predicted octanol–water partition coefficient (Wildman–Crippen LogP) is 0.0853. The topological polar surface area (TPSA) is 89.4 Å². The van der Waals surface area contributed by atoms with Crippen molar-refractivity contribution in [3.63, 3.8) is 0 Å². The van der Waals surface area contributed by atoms with Gasteiger partial charge in [0.1, 0.15) is 0 Å². The molecule has 2 amide bonds. The van der Waals surface area contributed by atoms with Gasteiger partial charge in [-0.15, -0.1) is 0 Å². The molecule has 1 atom stereocenters. The standard InChI is InChI=1S/C11H23N3O2/c1-3-9(6-7-12)4-5-11(16)14(2)8-10(13)15/h9H,3-8,12H2,1-2H3,(H2,13,15). The van der Waals surface area contributed by atoms with Crippen molar-refractivity contribution in [1.82, 2.24) is 4.90 Å². The van der Waals surface area contributed by atoms with E-state index in [0.29, 0.717) is 18.9 Å². The van der Waals surface area contributed by atoms with Crippen molar-refractivity contribution >= 4 is 11.8 Å². The van der Waals surface area contributed by atoms with Crippen LogP contribution in [0, 0.1) is 5.92 Å². The first-order valence-corrected chi connectivity index (χ1v) is 5.73. The van der Waals surface area contributed by atoms with Gasteiger partial charge in [0, 0.05) is 13.5 Å². The van der Waals surface area contributed by atoms with Crippen molar-refractivity contribution in [3.8, 4) is 0 Å². The molecule has 0 fully saturated rings. The molecule has 0 aliphatic rings. The first-order chi connectivity index (χ1) is 7.51. The Morgan fingerprint density at radius 2 is 1.94 bits per heavy atom. The quantitative estimate of drug-likeness (QED) is 0.618. The van der Waals surface area contributed by atoms with Crippen LogP contribution >= 0.6 is 0 Å². The summed E-state index contributed by atoms with van der Waals surface area (Å²) in [4.78, 5) is 23.6. The number of rotatable bonds is 8. The van der Waals surface area contributed by atoms with Gasteiger partial charge >= 0.3 is 0 Å². The lowest BCUT2D eigenvalue weighted by molar-refractivity contribution is -0.134. The fourth-order valence-corrected chi connectivity index (χ4v) is 1.63. The summed E-state index contributed by atoms with van der Waals surface area (Å²) in [6.45, 7) is 2.74. The van der Waals surface area contributed by atoms with E-state index in [2.05, 4.69) is 6.92 Å². The van der Waals surface area contributed by atoms with Gasteiger partial charge in [-0.2, -0.15) is 0 Å². The third kappa shape index (κ3) is 6.40. The molecule has 4 N–H and O–H groups in total. The lowest BCUT2D eigenvalue weighted by Gasteiger charge is -2.17. The molecule has 16 heavy (non-hydrogen) atoms. The van der Waals surface area contributed by atoms with Crippen LogP contribution in [0.1, 0.15) is 32.6 Å². The summed E-state index contributed by atoms with van der Waals surface area (Å²) in [5.74, 6) is -0.0185. The Bertz CT molecular complexity index is 231. The van der Waals surface area contributed by atoms with Crippen LogP contribution in [0.5, 0.6) is 0 Å². The largest absolute Gasteiger partial charge is 0.368 e. The van der Waals surface area contributed by atoms with Crippen LogP contribution < -0.4 is 11.5 Å². The molecule has 0 aliphatic carbocycles. The minimum Gasteiger partial charge on any atom is -0.368 e. The van der Waals surface area contributed by atoms with E-state index >= 15 is 0 Å². The highest BCUT2D eigenvalue weighted by Crippen LogP contribution is 2.14. The molecule has 0 radical (unpaired) electrons. The number of hydrogen-bond acceptors (Lipinski definition) is 3. The van der Waals surface area contributed by atoms with E-state index in [-0.39, 0.29) is 12.5 Å². The monoisotopic (exact) mass is 229 g/mol. The average Bonchev–Trinajstić information content (AvgIpc) is 2.22. The highest BCUT2D eigenvalue weighted by molar-refractivity contribution is 5.83. The SMILES string of the molecule is CCC(CCN)CCC(=O)N(C)CC(N)=O. The number of carbonyl (C=O) groups is 2. The van der Waals surface area contributed by atoms with Gasteiger partial charge in [-0.05, 0) is 25.3 Å². The van der Waals surface area contributed by atoms with Crippen LogP contribution in [-0.4, -0.2) is 36.9 Å². The number of likely N-dealkylation sites (N-methyl/N-ethyl adjacent to an activating group) is 1. The summed E-state index contributed by atoms with van der Waals surface area (Å²) in [5.41, 5.74) is 10.5. The maximum atomic E-state index is 11.6. The number of nitrogens with zero attached hydrogens (tertiary/aromatic N) is 1. The number of amides is 2. The predicted molar refractivity (Wildman–Crippen MR) is 63.5 cm³/mol. The Morgan fingerprint density at radius 3 is 2.38 bits per heavy atom. The van der Waals surface area contributed by atoms with Crippen LogP contribution in [0.2, 0.25) is 0 Å². The number of primary amides is 1. The van der Waals surface area contributed by atoms with E-state index in [1.165, 1.54) is 4.90 Å². The summed E-state index contributed by atoms with van der Waals surface area (Å²) < 4.78 is 0. The molecule has 0 saturated carbocycles. The normalized spacial score (nSPS) is 12.2. The average molecular weight is 229 g/mol. The van der Waals surface area contributed by atoms with Gasteiger partial charge in [0.25, 0.3) is 0 Å². The molecule has 0 saturated heterocycles. The fourth-order valence-electron chi connectivity index (χ4n) is 1.63. The lowest BCUT2D eigenvalue weighted by atomic mass is 9.96. The van der Waals surface area contributed by atoms with Crippen LogP contribution in [-0.2, 0) is 9.59 Å². The maximum absolute atomic E-state index is 11.6. The van der Waals surface area contributed by atoms with Crippen LogP contribution in [0.25, 0.3) is 0 Å². The first kappa shape index (κ1) is 14.9. The lowest BCUT2D eigenvalue weighted by Crippen LogP contribution is -2.35. The van der Waals surface area contributed by atoms with Crippen molar-refractivity contribution in [1.29, 1.82) is 0 Å². The molecule has 0 bridgehead atoms. The van der Waals surface area contributed by atoms with Crippen molar-refractivity contribution < 1.29 is 9.59 Å². The van der Waals surface area contributed by atoms with E-state index in [1.54, 1.807) is 7.05 Å². The maximum Gasteiger partial charge on any atom is 0.237 e. The van der Waals surface area contributed by atoms with Crippen molar-refractivity contribution in [2.45, 2.75) is 32.6 Å². The summed E-state index contributed by atoms with van der Waals surface area (Å²) in [7, 11) is 1.59. The molecule has 0 heterocycles. The minimum atomic E-state index is -0.482. The molecule has 5 heteroatoms. The van der Waals surface area contributed by atoms with Gasteiger partial charge in [0.15, 0.2) is 0 Å². The van der Waals surface area contributed by atoms with E-state index in [1.807, 2.05) is 0 Å². The summed E-state index contributed by atoms with van der Waals surface area (Å²) in [5, 5.41) is 0. The Kier molecular flexibility index (Phi) is 7.54. The molecule has 94 valence electrons. The highest BCUT2D eigenvalue weighted by atomic mass is 16.2. The first-order valence-electron chi connectivity index (χ1n) is 5.73. The summed E-state index contributed by atoms with van der Waals surface area (Å²) in [6.07, 6.45) is 3.27. The van der Waals surface area contributed by atoms with E-state index < -0.39 is 5.91 Å². The second-order valence-corrected chi connectivity index (χ2v) is 4.11. The second kappa shape index (κ2) is 8.10. The van der Waals surface area contributed by atoms with Gasteiger partial charge in [0.05, 0.1) is 6.54 Å². The van der Waals surface area contributed by atoms with Gasteiger partial charge in [-0.3, -0.25) is 9.59 Å². The third-order valence-corrected chi connectivity index (χ3v) is 2.74. The molecule has 0 aliphatic heterocycles. The summed E-state index contributed by atoms with van der Waals surface area (Å²) >= 11 is 0. The van der Waals surface area contributed by atoms with Gasteiger partial charge in [-0.1, -0.05) is 13.3 Å². The second-order valence-electron chi connectivity index (χ2n) is 4.11. The molecule has 0 aromatic rings. The molecule has 0 aromatic heterocycles. The Labute approximate surface area is 97.2 Å². The Hall–Kier alpha value is -1.10. The fraction of sp³-hybridized carbons (Fsp3) is 0.818. The Balaban J connectivity index is 3.90. The zero-order valence-electron chi connectivity index (χ0n) is 10.2.